The Morgan fingerprint density at radius 1 is 1.22 bits per heavy atom. The molecule has 2 heterocycles. The van der Waals surface area contributed by atoms with Gasteiger partial charge in [0.15, 0.2) is 5.78 Å². The summed E-state index contributed by atoms with van der Waals surface area (Å²) in [5, 5.41) is 11.6. The van der Waals surface area contributed by atoms with Crippen LogP contribution in [0.2, 0.25) is 0 Å². The van der Waals surface area contributed by atoms with Crippen molar-refractivity contribution in [1.29, 1.82) is 0 Å². The van der Waals surface area contributed by atoms with Crippen LogP contribution < -0.4 is 0 Å². The fraction of sp³-hybridized carbons (Fsp3) is 0.500. The minimum Gasteiger partial charge on any atom is -0.396 e. The van der Waals surface area contributed by atoms with Crippen molar-refractivity contribution in [2.24, 2.45) is 0 Å². The zero-order valence-electron chi connectivity index (χ0n) is 16.1. The van der Waals surface area contributed by atoms with E-state index in [0.717, 1.165) is 56.9 Å². The van der Waals surface area contributed by atoms with E-state index in [1.54, 1.807) is 18.3 Å². The summed E-state index contributed by atoms with van der Waals surface area (Å²) in [5.74, 6) is 0.146. The van der Waals surface area contributed by atoms with Crippen molar-refractivity contribution >= 4 is 17.1 Å². The molecule has 1 atom stereocenters. The summed E-state index contributed by atoms with van der Waals surface area (Å²) in [6.45, 7) is 6.91. The molecular formula is C22H30N2O2S. The number of carbonyl (C=O) groups excluding carboxylic acids is 1. The number of Topliss-reactive ketones (excluding diaryl/α,β-unsaturated/α-hetero) is 1. The average Bonchev–Trinajstić information content (AvgIpc) is 3.13. The van der Waals surface area contributed by atoms with Crippen molar-refractivity contribution < 1.29 is 9.90 Å². The lowest BCUT2D eigenvalue weighted by Gasteiger charge is -2.41. The number of carbonyl (C=O) groups is 1. The maximum absolute atomic E-state index is 11.5. The fourth-order valence-electron chi connectivity index (χ4n) is 3.85. The van der Waals surface area contributed by atoms with Gasteiger partial charge < -0.3 is 5.11 Å². The Morgan fingerprint density at radius 3 is 2.74 bits per heavy atom. The van der Waals surface area contributed by atoms with Crippen LogP contribution in [0.15, 0.2) is 41.8 Å². The Labute approximate surface area is 166 Å². The van der Waals surface area contributed by atoms with E-state index in [0.29, 0.717) is 6.04 Å². The van der Waals surface area contributed by atoms with Crippen molar-refractivity contribution in [3.8, 4) is 0 Å². The number of hydrogen-bond acceptors (Lipinski definition) is 5. The Kier molecular flexibility index (Phi) is 7.59. The first-order valence-corrected chi connectivity index (χ1v) is 10.7. The molecule has 27 heavy (non-hydrogen) atoms. The number of aryl methyl sites for hydroxylation is 1. The van der Waals surface area contributed by atoms with E-state index in [9.17, 15) is 9.90 Å². The first-order chi connectivity index (χ1) is 13.2. The van der Waals surface area contributed by atoms with Crippen LogP contribution in [-0.2, 0) is 13.0 Å². The summed E-state index contributed by atoms with van der Waals surface area (Å²) >= 11 is 1.54. The van der Waals surface area contributed by atoms with Gasteiger partial charge in [-0.15, -0.1) is 11.3 Å². The molecule has 0 saturated carbocycles. The molecule has 1 aromatic carbocycles. The molecule has 0 amide bonds. The molecular weight excluding hydrogens is 356 g/mol. The SMILES string of the molecule is CC(=O)c1cc(CN2CCN(CCCc3ccccc3)C(CCO)C2)cs1. The number of hydrogen-bond donors (Lipinski definition) is 1. The molecule has 146 valence electrons. The number of aliphatic hydroxyl groups excluding tert-OH is 1. The van der Waals surface area contributed by atoms with Gasteiger partial charge in [-0.05, 0) is 55.3 Å². The molecule has 0 bridgehead atoms. The first-order valence-electron chi connectivity index (χ1n) is 9.85. The van der Waals surface area contributed by atoms with Crippen LogP contribution in [0.4, 0.5) is 0 Å². The largest absolute Gasteiger partial charge is 0.396 e. The highest BCUT2D eigenvalue weighted by Gasteiger charge is 2.26. The first kappa shape index (κ1) is 20.2. The third-order valence-electron chi connectivity index (χ3n) is 5.31. The molecule has 1 fully saturated rings. The van der Waals surface area contributed by atoms with Gasteiger partial charge >= 0.3 is 0 Å². The molecule has 0 aliphatic carbocycles. The predicted molar refractivity (Wildman–Crippen MR) is 111 cm³/mol. The molecule has 1 aliphatic rings. The Balaban J connectivity index is 1.50. The van der Waals surface area contributed by atoms with Crippen LogP contribution in [0.5, 0.6) is 0 Å². The Bertz CT molecular complexity index is 716. The Morgan fingerprint density at radius 2 is 2.04 bits per heavy atom. The van der Waals surface area contributed by atoms with Gasteiger partial charge in [0.1, 0.15) is 0 Å². The van der Waals surface area contributed by atoms with E-state index >= 15 is 0 Å². The molecule has 3 rings (SSSR count). The van der Waals surface area contributed by atoms with E-state index in [1.165, 1.54) is 11.1 Å². The fourth-order valence-corrected chi connectivity index (χ4v) is 4.66. The van der Waals surface area contributed by atoms with Gasteiger partial charge in [0.2, 0.25) is 0 Å². The smallest absolute Gasteiger partial charge is 0.169 e. The van der Waals surface area contributed by atoms with Crippen LogP contribution in [0.3, 0.4) is 0 Å². The van der Waals surface area contributed by atoms with Crippen molar-refractivity contribution in [3.63, 3.8) is 0 Å². The Hall–Kier alpha value is -1.53. The van der Waals surface area contributed by atoms with Crippen LogP contribution in [0.1, 0.15) is 40.6 Å². The third kappa shape index (κ3) is 5.98. The second-order valence-electron chi connectivity index (χ2n) is 7.40. The van der Waals surface area contributed by atoms with Gasteiger partial charge in [-0.1, -0.05) is 30.3 Å². The highest BCUT2D eigenvalue weighted by atomic mass is 32.1. The van der Waals surface area contributed by atoms with Crippen LogP contribution in [0, 0.1) is 0 Å². The third-order valence-corrected chi connectivity index (χ3v) is 6.39. The molecule has 0 spiro atoms. The van der Waals surface area contributed by atoms with Crippen LogP contribution >= 0.6 is 11.3 Å². The van der Waals surface area contributed by atoms with Gasteiger partial charge in [0.05, 0.1) is 4.88 Å². The van der Waals surface area contributed by atoms with Gasteiger partial charge in [-0.25, -0.2) is 0 Å². The molecule has 2 aromatic rings. The van der Waals surface area contributed by atoms with Gasteiger partial charge in [-0.3, -0.25) is 14.6 Å². The van der Waals surface area contributed by atoms with E-state index in [-0.39, 0.29) is 12.4 Å². The molecule has 1 N–H and O–H groups in total. The summed E-state index contributed by atoms with van der Waals surface area (Å²) in [6.07, 6.45) is 3.08. The van der Waals surface area contributed by atoms with Crippen LogP contribution in [-0.4, -0.2) is 59.5 Å². The normalized spacial score (nSPS) is 18.7. The lowest BCUT2D eigenvalue weighted by atomic mass is 10.1. The van der Waals surface area contributed by atoms with E-state index in [4.69, 9.17) is 0 Å². The number of rotatable bonds is 9. The summed E-state index contributed by atoms with van der Waals surface area (Å²) < 4.78 is 0. The maximum atomic E-state index is 11.5. The lowest BCUT2D eigenvalue weighted by Crippen LogP contribution is -2.53. The summed E-state index contributed by atoms with van der Waals surface area (Å²) in [5.41, 5.74) is 2.62. The van der Waals surface area contributed by atoms with E-state index < -0.39 is 0 Å². The van der Waals surface area contributed by atoms with Crippen LogP contribution in [0.25, 0.3) is 0 Å². The number of ketones is 1. The molecule has 5 heteroatoms. The standard InChI is InChI=1S/C22H30N2O2S/c1-18(26)22-14-20(17-27-22)15-23-11-12-24(21(16-23)9-13-25)10-5-8-19-6-3-2-4-7-19/h2-4,6-7,14,17,21,25H,5,8-13,15-16H2,1H3. The van der Waals surface area contributed by atoms with E-state index in [2.05, 4.69) is 45.5 Å². The van der Waals surface area contributed by atoms with Crippen molar-refractivity contribution in [3.05, 3.63) is 57.8 Å². The average molecular weight is 387 g/mol. The zero-order valence-corrected chi connectivity index (χ0v) is 17.0. The predicted octanol–water partition coefficient (Wildman–Crippen LogP) is 3.45. The summed E-state index contributed by atoms with van der Waals surface area (Å²) in [4.78, 5) is 17.3. The minimum atomic E-state index is 0.146. The summed E-state index contributed by atoms with van der Waals surface area (Å²) in [7, 11) is 0. The van der Waals surface area contributed by atoms with Gasteiger partial charge in [-0.2, -0.15) is 0 Å². The van der Waals surface area contributed by atoms with Gasteiger partial charge in [0.25, 0.3) is 0 Å². The molecule has 1 aliphatic heterocycles. The molecule has 1 aromatic heterocycles. The number of thiophene rings is 1. The zero-order chi connectivity index (χ0) is 19.1. The van der Waals surface area contributed by atoms with Crippen molar-refractivity contribution in [1.82, 2.24) is 9.80 Å². The minimum absolute atomic E-state index is 0.146. The monoisotopic (exact) mass is 386 g/mol. The summed E-state index contributed by atoms with van der Waals surface area (Å²) in [6, 6.07) is 13.1. The topological polar surface area (TPSA) is 43.8 Å². The molecule has 0 radical (unpaired) electrons. The van der Waals surface area contributed by atoms with Crippen molar-refractivity contribution in [2.75, 3.05) is 32.8 Å². The quantitative estimate of drug-likeness (QED) is 0.671. The lowest BCUT2D eigenvalue weighted by molar-refractivity contribution is 0.0547. The molecule has 1 unspecified atom stereocenters. The highest BCUT2D eigenvalue weighted by Crippen LogP contribution is 2.20. The number of benzene rings is 1. The number of nitrogens with zero attached hydrogens (tertiary/aromatic N) is 2. The second-order valence-corrected chi connectivity index (χ2v) is 8.31. The molecule has 1 saturated heterocycles. The highest BCUT2D eigenvalue weighted by molar-refractivity contribution is 7.12. The number of piperazine rings is 1. The maximum Gasteiger partial charge on any atom is 0.169 e. The van der Waals surface area contributed by atoms with Gasteiger partial charge in [0, 0.05) is 38.8 Å². The molecule has 4 nitrogen and oxygen atoms in total. The van der Waals surface area contributed by atoms with Crippen molar-refractivity contribution in [2.45, 2.75) is 38.8 Å². The number of aliphatic hydroxyl groups is 1. The van der Waals surface area contributed by atoms with E-state index in [1.807, 2.05) is 6.07 Å². The second kappa shape index (κ2) is 10.1.